The molecule has 0 unspecified atom stereocenters. The van der Waals surface area contributed by atoms with E-state index in [1.165, 1.54) is 7.11 Å². The van der Waals surface area contributed by atoms with Gasteiger partial charge < -0.3 is 14.2 Å². The van der Waals surface area contributed by atoms with Crippen molar-refractivity contribution >= 4 is 12.1 Å². The van der Waals surface area contributed by atoms with Gasteiger partial charge in [-0.05, 0) is 60.5 Å². The van der Waals surface area contributed by atoms with Crippen LogP contribution in [0, 0.1) is 0 Å². The van der Waals surface area contributed by atoms with E-state index in [1.54, 1.807) is 24.4 Å². The summed E-state index contributed by atoms with van der Waals surface area (Å²) in [4.78, 5) is 12.4. The van der Waals surface area contributed by atoms with Crippen LogP contribution in [0.5, 0.6) is 17.2 Å². The van der Waals surface area contributed by atoms with E-state index in [9.17, 15) is 4.79 Å². The summed E-state index contributed by atoms with van der Waals surface area (Å²) in [6, 6.07) is 22.3. The number of carbonyl (C=O) groups is 1. The number of amides is 1. The predicted octanol–water partition coefficient (Wildman–Crippen LogP) is 4.44. The second-order valence-electron chi connectivity index (χ2n) is 6.34. The zero-order chi connectivity index (χ0) is 21.2. The topological polar surface area (TPSA) is 69.2 Å². The molecule has 3 aromatic rings. The Morgan fingerprint density at radius 3 is 2.43 bits per heavy atom. The molecular weight excluding hydrogens is 380 g/mol. The highest BCUT2D eigenvalue weighted by atomic mass is 16.5. The van der Waals surface area contributed by atoms with Crippen molar-refractivity contribution in [3.05, 3.63) is 89.5 Å². The molecule has 1 amide bonds. The highest BCUT2D eigenvalue weighted by Crippen LogP contribution is 2.28. The van der Waals surface area contributed by atoms with Crippen molar-refractivity contribution in [2.75, 3.05) is 13.7 Å². The van der Waals surface area contributed by atoms with Gasteiger partial charge in [-0.25, -0.2) is 5.43 Å². The Balaban J connectivity index is 1.60. The van der Waals surface area contributed by atoms with E-state index < -0.39 is 0 Å². The van der Waals surface area contributed by atoms with Crippen molar-refractivity contribution in [3.63, 3.8) is 0 Å². The number of rotatable bonds is 9. The Bertz CT molecular complexity index is 986. The Morgan fingerprint density at radius 2 is 1.73 bits per heavy atom. The van der Waals surface area contributed by atoms with E-state index in [4.69, 9.17) is 14.2 Å². The standard InChI is InChI=1S/C24H24N2O4/c1-3-29-21-12-9-18(10-13-21)16-25-26-24(27)20-11-14-22(23(15-20)28-2)30-17-19-7-5-4-6-8-19/h4-16H,3,17H2,1-2H3,(H,26,27)/b25-16+. The molecule has 6 nitrogen and oxygen atoms in total. The van der Waals surface area contributed by atoms with E-state index >= 15 is 0 Å². The number of nitrogens with one attached hydrogen (secondary N) is 1. The van der Waals surface area contributed by atoms with Crippen LogP contribution in [0.2, 0.25) is 0 Å². The third-order valence-electron chi connectivity index (χ3n) is 4.23. The van der Waals surface area contributed by atoms with Crippen LogP contribution >= 0.6 is 0 Å². The highest BCUT2D eigenvalue weighted by molar-refractivity contribution is 5.95. The normalized spacial score (nSPS) is 10.6. The van der Waals surface area contributed by atoms with E-state index in [-0.39, 0.29) is 5.91 Å². The number of ether oxygens (including phenoxy) is 3. The fourth-order valence-electron chi connectivity index (χ4n) is 2.71. The van der Waals surface area contributed by atoms with E-state index in [0.717, 1.165) is 16.9 Å². The van der Waals surface area contributed by atoms with Gasteiger partial charge >= 0.3 is 0 Å². The van der Waals surface area contributed by atoms with Crippen molar-refractivity contribution in [1.29, 1.82) is 0 Å². The van der Waals surface area contributed by atoms with Crippen LogP contribution in [0.15, 0.2) is 77.9 Å². The van der Waals surface area contributed by atoms with Crippen LogP contribution in [0.3, 0.4) is 0 Å². The molecule has 0 aromatic heterocycles. The lowest BCUT2D eigenvalue weighted by molar-refractivity contribution is 0.0954. The van der Waals surface area contributed by atoms with Gasteiger partial charge in [-0.2, -0.15) is 5.10 Å². The number of hydrogen-bond acceptors (Lipinski definition) is 5. The maximum absolute atomic E-state index is 12.4. The minimum absolute atomic E-state index is 0.343. The number of hydrogen-bond donors (Lipinski definition) is 1. The Kier molecular flexibility index (Phi) is 7.44. The molecule has 6 heteroatoms. The number of methoxy groups -OCH3 is 1. The monoisotopic (exact) mass is 404 g/mol. The molecule has 0 aliphatic rings. The van der Waals surface area contributed by atoms with Gasteiger partial charge in [0.15, 0.2) is 11.5 Å². The van der Waals surface area contributed by atoms with Crippen LogP contribution < -0.4 is 19.6 Å². The summed E-state index contributed by atoms with van der Waals surface area (Å²) >= 11 is 0. The fourth-order valence-corrected chi connectivity index (χ4v) is 2.71. The molecule has 0 heterocycles. The summed E-state index contributed by atoms with van der Waals surface area (Å²) in [5.41, 5.74) is 4.83. The minimum atomic E-state index is -0.343. The SMILES string of the molecule is CCOc1ccc(/C=N/NC(=O)c2ccc(OCc3ccccc3)c(OC)c2)cc1. The second kappa shape index (κ2) is 10.7. The second-order valence-corrected chi connectivity index (χ2v) is 6.34. The van der Waals surface area contributed by atoms with Crippen molar-refractivity contribution in [2.45, 2.75) is 13.5 Å². The van der Waals surface area contributed by atoms with Gasteiger partial charge in [0.25, 0.3) is 5.91 Å². The molecule has 0 aliphatic carbocycles. The number of benzene rings is 3. The van der Waals surface area contributed by atoms with Gasteiger partial charge in [0, 0.05) is 5.56 Å². The van der Waals surface area contributed by atoms with Crippen LogP contribution in [-0.4, -0.2) is 25.8 Å². The zero-order valence-corrected chi connectivity index (χ0v) is 17.0. The average Bonchev–Trinajstić information content (AvgIpc) is 2.79. The number of hydrazone groups is 1. The summed E-state index contributed by atoms with van der Waals surface area (Å²) in [5, 5.41) is 4.01. The summed E-state index contributed by atoms with van der Waals surface area (Å²) in [6.45, 7) is 2.96. The van der Waals surface area contributed by atoms with Gasteiger partial charge in [0.2, 0.25) is 0 Å². The van der Waals surface area contributed by atoms with E-state index in [0.29, 0.717) is 30.3 Å². The van der Waals surface area contributed by atoms with Gasteiger partial charge in [0.1, 0.15) is 12.4 Å². The predicted molar refractivity (Wildman–Crippen MR) is 116 cm³/mol. The molecule has 0 fully saturated rings. The molecule has 30 heavy (non-hydrogen) atoms. The molecule has 0 bridgehead atoms. The molecular formula is C24H24N2O4. The molecule has 0 radical (unpaired) electrons. The van der Waals surface area contributed by atoms with Crippen molar-refractivity contribution in [2.24, 2.45) is 5.10 Å². The van der Waals surface area contributed by atoms with Gasteiger partial charge in [-0.1, -0.05) is 30.3 Å². The summed E-state index contributed by atoms with van der Waals surface area (Å²) in [5.74, 6) is 1.50. The maximum atomic E-state index is 12.4. The molecule has 0 aliphatic heterocycles. The number of nitrogens with zero attached hydrogens (tertiary/aromatic N) is 1. The lowest BCUT2D eigenvalue weighted by Crippen LogP contribution is -2.17. The average molecular weight is 404 g/mol. The molecule has 0 atom stereocenters. The molecule has 3 aromatic carbocycles. The van der Waals surface area contributed by atoms with Crippen LogP contribution in [0.25, 0.3) is 0 Å². The van der Waals surface area contributed by atoms with Crippen molar-refractivity contribution < 1.29 is 19.0 Å². The molecule has 154 valence electrons. The highest BCUT2D eigenvalue weighted by Gasteiger charge is 2.11. The van der Waals surface area contributed by atoms with Crippen molar-refractivity contribution in [1.82, 2.24) is 5.43 Å². The Morgan fingerprint density at radius 1 is 0.967 bits per heavy atom. The minimum Gasteiger partial charge on any atom is -0.494 e. The van der Waals surface area contributed by atoms with E-state index in [1.807, 2.05) is 61.5 Å². The molecule has 0 saturated heterocycles. The van der Waals surface area contributed by atoms with Crippen LogP contribution in [0.4, 0.5) is 0 Å². The Labute approximate surface area is 176 Å². The third-order valence-corrected chi connectivity index (χ3v) is 4.23. The van der Waals surface area contributed by atoms with Crippen molar-refractivity contribution in [3.8, 4) is 17.2 Å². The first kappa shape index (κ1) is 20.9. The van der Waals surface area contributed by atoms with Gasteiger partial charge in [0.05, 0.1) is 19.9 Å². The lowest BCUT2D eigenvalue weighted by Gasteiger charge is -2.12. The summed E-state index contributed by atoms with van der Waals surface area (Å²) in [7, 11) is 1.54. The zero-order valence-electron chi connectivity index (χ0n) is 17.0. The summed E-state index contributed by atoms with van der Waals surface area (Å²) in [6.07, 6.45) is 1.57. The third kappa shape index (κ3) is 5.85. The fraction of sp³-hybridized carbons (Fsp3) is 0.167. The summed E-state index contributed by atoms with van der Waals surface area (Å²) < 4.78 is 16.6. The molecule has 3 rings (SSSR count). The first-order valence-electron chi connectivity index (χ1n) is 9.60. The largest absolute Gasteiger partial charge is 0.494 e. The molecule has 0 spiro atoms. The first-order valence-corrected chi connectivity index (χ1v) is 9.60. The molecule has 1 N–H and O–H groups in total. The quantitative estimate of drug-likeness (QED) is 0.423. The van der Waals surface area contributed by atoms with E-state index in [2.05, 4.69) is 10.5 Å². The maximum Gasteiger partial charge on any atom is 0.271 e. The Hall–Kier alpha value is -3.80. The van der Waals surface area contributed by atoms with Gasteiger partial charge in [-0.3, -0.25) is 4.79 Å². The van der Waals surface area contributed by atoms with Crippen LogP contribution in [-0.2, 0) is 6.61 Å². The van der Waals surface area contributed by atoms with Gasteiger partial charge in [-0.15, -0.1) is 0 Å². The smallest absolute Gasteiger partial charge is 0.271 e. The lowest BCUT2D eigenvalue weighted by atomic mass is 10.2. The molecule has 0 saturated carbocycles. The number of carbonyl (C=O) groups excluding carboxylic acids is 1. The first-order chi connectivity index (χ1) is 14.7. The van der Waals surface area contributed by atoms with Crippen LogP contribution in [0.1, 0.15) is 28.4 Å².